The van der Waals surface area contributed by atoms with Crippen molar-refractivity contribution in [2.45, 2.75) is 12.9 Å². The van der Waals surface area contributed by atoms with Crippen LogP contribution in [0.5, 0.6) is 17.2 Å². The van der Waals surface area contributed by atoms with E-state index >= 15 is 0 Å². The van der Waals surface area contributed by atoms with Gasteiger partial charge in [0.2, 0.25) is 5.95 Å². The number of halogens is 4. The third kappa shape index (κ3) is 5.84. The van der Waals surface area contributed by atoms with Crippen LogP contribution >= 0.6 is 0 Å². The molecule has 0 fully saturated rings. The molecule has 10 heteroatoms. The highest BCUT2D eigenvalue weighted by molar-refractivity contribution is 5.98. The van der Waals surface area contributed by atoms with E-state index in [0.717, 1.165) is 18.2 Å². The van der Waals surface area contributed by atoms with Gasteiger partial charge in [0, 0.05) is 12.6 Å². The number of hydrogen-bond acceptors (Lipinski definition) is 5. The minimum Gasteiger partial charge on any atom is -0.457 e. The van der Waals surface area contributed by atoms with E-state index in [9.17, 15) is 22.4 Å². The van der Waals surface area contributed by atoms with Crippen LogP contribution in [0.3, 0.4) is 0 Å². The molecule has 0 unspecified atom stereocenters. The Labute approximate surface area is 168 Å². The normalized spacial score (nSPS) is 11.1. The summed E-state index contributed by atoms with van der Waals surface area (Å²) in [5.41, 5.74) is 6.22. The number of nitrogens with two attached hydrogens (primary N) is 1. The summed E-state index contributed by atoms with van der Waals surface area (Å²) in [7, 11) is 0. The van der Waals surface area contributed by atoms with E-state index in [1.165, 1.54) is 18.2 Å². The molecule has 0 spiro atoms. The number of anilines is 1. The van der Waals surface area contributed by atoms with Crippen LogP contribution in [-0.4, -0.2) is 17.3 Å². The molecule has 3 N–H and O–H groups in total. The van der Waals surface area contributed by atoms with Gasteiger partial charge in [-0.2, -0.15) is 4.39 Å². The molecule has 1 heterocycles. The summed E-state index contributed by atoms with van der Waals surface area (Å²) < 4.78 is 59.4. The van der Waals surface area contributed by atoms with Gasteiger partial charge >= 0.3 is 6.36 Å². The van der Waals surface area contributed by atoms with Crippen LogP contribution in [0.2, 0.25) is 0 Å². The molecule has 0 saturated carbocycles. The fourth-order valence-corrected chi connectivity index (χ4v) is 2.51. The standard InChI is InChI=1S/C20H15F4N3O3/c21-17-8-7-16(18(25)27-17)19(28)26-11-12-3-1-4-13(9-12)29-14-5-2-6-15(10-14)30-20(22,23)24/h1-10H,11H2,(H2,25,27)(H,26,28). The number of aromatic nitrogens is 1. The van der Waals surface area contributed by atoms with Gasteiger partial charge in [0.05, 0.1) is 5.56 Å². The first-order valence-corrected chi connectivity index (χ1v) is 8.52. The number of alkyl halides is 3. The highest BCUT2D eigenvalue weighted by atomic mass is 19.4. The van der Waals surface area contributed by atoms with E-state index in [1.807, 2.05) is 0 Å². The van der Waals surface area contributed by atoms with Crippen molar-refractivity contribution in [3.8, 4) is 17.2 Å². The van der Waals surface area contributed by atoms with Crippen molar-refractivity contribution < 1.29 is 31.8 Å². The molecule has 156 valence electrons. The number of nitrogen functional groups attached to an aromatic ring is 1. The number of nitrogens with one attached hydrogen (secondary N) is 1. The average molecular weight is 421 g/mol. The molecule has 3 aromatic rings. The summed E-state index contributed by atoms with van der Waals surface area (Å²) in [6.07, 6.45) is -4.81. The monoisotopic (exact) mass is 421 g/mol. The van der Waals surface area contributed by atoms with Crippen molar-refractivity contribution in [3.63, 3.8) is 0 Å². The average Bonchev–Trinajstić information content (AvgIpc) is 2.65. The van der Waals surface area contributed by atoms with Gasteiger partial charge < -0.3 is 20.5 Å². The van der Waals surface area contributed by atoms with E-state index < -0.39 is 24.0 Å². The van der Waals surface area contributed by atoms with Gasteiger partial charge in [-0.15, -0.1) is 13.2 Å². The highest BCUT2D eigenvalue weighted by Gasteiger charge is 2.31. The lowest BCUT2D eigenvalue weighted by Gasteiger charge is -2.12. The lowest BCUT2D eigenvalue weighted by Crippen LogP contribution is -2.24. The third-order valence-corrected chi connectivity index (χ3v) is 3.76. The second kappa shape index (κ2) is 8.68. The lowest BCUT2D eigenvalue weighted by molar-refractivity contribution is -0.274. The number of nitrogens with zero attached hydrogens (tertiary/aromatic N) is 1. The van der Waals surface area contributed by atoms with Gasteiger partial charge in [-0.05, 0) is 42.0 Å². The summed E-state index contributed by atoms with van der Waals surface area (Å²) in [6, 6.07) is 13.9. The maximum absolute atomic E-state index is 13.0. The van der Waals surface area contributed by atoms with Crippen molar-refractivity contribution in [3.05, 3.63) is 77.7 Å². The van der Waals surface area contributed by atoms with Crippen LogP contribution in [0.4, 0.5) is 23.4 Å². The van der Waals surface area contributed by atoms with E-state index in [1.54, 1.807) is 24.3 Å². The van der Waals surface area contributed by atoms with E-state index in [4.69, 9.17) is 10.5 Å². The second-order valence-corrected chi connectivity index (χ2v) is 6.02. The summed E-state index contributed by atoms with van der Waals surface area (Å²) in [5.74, 6) is -1.49. The first-order chi connectivity index (χ1) is 14.2. The van der Waals surface area contributed by atoms with Crippen LogP contribution in [0.15, 0.2) is 60.7 Å². The van der Waals surface area contributed by atoms with Crippen LogP contribution in [0, 0.1) is 5.95 Å². The smallest absolute Gasteiger partial charge is 0.457 e. The molecule has 0 aliphatic heterocycles. The molecular formula is C20H15F4N3O3. The fraction of sp³-hybridized carbons (Fsp3) is 0.100. The van der Waals surface area contributed by atoms with Crippen LogP contribution in [0.1, 0.15) is 15.9 Å². The van der Waals surface area contributed by atoms with Gasteiger partial charge in [-0.3, -0.25) is 4.79 Å². The Balaban J connectivity index is 1.65. The maximum atomic E-state index is 13.0. The van der Waals surface area contributed by atoms with Gasteiger partial charge in [-0.1, -0.05) is 18.2 Å². The topological polar surface area (TPSA) is 86.5 Å². The molecule has 3 rings (SSSR count). The molecule has 2 aromatic carbocycles. The number of ether oxygens (including phenoxy) is 2. The lowest BCUT2D eigenvalue weighted by atomic mass is 10.2. The first kappa shape index (κ1) is 20.9. The number of amides is 1. The van der Waals surface area contributed by atoms with Crippen molar-refractivity contribution in [2.24, 2.45) is 0 Å². The molecule has 0 aliphatic carbocycles. The SMILES string of the molecule is Nc1nc(F)ccc1C(=O)NCc1cccc(Oc2cccc(OC(F)(F)F)c2)c1. The third-order valence-electron chi connectivity index (χ3n) is 3.76. The Hall–Kier alpha value is -3.82. The second-order valence-electron chi connectivity index (χ2n) is 6.02. The minimum absolute atomic E-state index is 0.0327. The van der Waals surface area contributed by atoms with Crippen LogP contribution in [-0.2, 0) is 6.54 Å². The zero-order valence-electron chi connectivity index (χ0n) is 15.2. The summed E-state index contributed by atoms with van der Waals surface area (Å²) in [4.78, 5) is 15.6. The van der Waals surface area contributed by atoms with Crippen molar-refractivity contribution in [1.82, 2.24) is 10.3 Å². The largest absolute Gasteiger partial charge is 0.573 e. The molecule has 30 heavy (non-hydrogen) atoms. The van der Waals surface area contributed by atoms with Crippen molar-refractivity contribution in [2.75, 3.05) is 5.73 Å². The predicted octanol–water partition coefficient (Wildman–Crippen LogP) is 4.42. The zero-order chi connectivity index (χ0) is 21.7. The summed E-state index contributed by atoms with van der Waals surface area (Å²) in [6.45, 7) is 0.101. The molecule has 0 aliphatic rings. The molecule has 1 aromatic heterocycles. The molecule has 0 bridgehead atoms. The van der Waals surface area contributed by atoms with Crippen LogP contribution in [0.25, 0.3) is 0 Å². The molecule has 0 radical (unpaired) electrons. The number of carbonyl (C=O) groups is 1. The molecular weight excluding hydrogens is 406 g/mol. The Kier molecular flexibility index (Phi) is 6.05. The molecule has 1 amide bonds. The number of benzene rings is 2. The first-order valence-electron chi connectivity index (χ1n) is 8.52. The fourth-order valence-electron chi connectivity index (χ4n) is 2.51. The van der Waals surface area contributed by atoms with Crippen LogP contribution < -0.4 is 20.5 Å². The van der Waals surface area contributed by atoms with Gasteiger partial charge in [0.15, 0.2) is 0 Å². The molecule has 6 nitrogen and oxygen atoms in total. The quantitative estimate of drug-likeness (QED) is 0.455. The maximum Gasteiger partial charge on any atom is 0.573 e. The van der Waals surface area contributed by atoms with E-state index in [0.29, 0.717) is 11.3 Å². The Bertz CT molecular complexity index is 1060. The van der Waals surface area contributed by atoms with Gasteiger partial charge in [0.1, 0.15) is 23.1 Å². The predicted molar refractivity (Wildman–Crippen MR) is 99.4 cm³/mol. The molecule has 0 saturated heterocycles. The zero-order valence-corrected chi connectivity index (χ0v) is 15.2. The minimum atomic E-state index is -4.81. The van der Waals surface area contributed by atoms with Gasteiger partial charge in [-0.25, -0.2) is 4.98 Å². The van der Waals surface area contributed by atoms with E-state index in [-0.39, 0.29) is 23.7 Å². The highest BCUT2D eigenvalue weighted by Crippen LogP contribution is 2.29. The number of carbonyl (C=O) groups excluding carboxylic acids is 1. The number of pyridine rings is 1. The molecule has 0 atom stereocenters. The Morgan fingerprint density at radius 2 is 1.67 bits per heavy atom. The number of hydrogen-bond donors (Lipinski definition) is 2. The Morgan fingerprint density at radius 3 is 2.37 bits per heavy atom. The summed E-state index contributed by atoms with van der Waals surface area (Å²) >= 11 is 0. The van der Waals surface area contributed by atoms with E-state index in [2.05, 4.69) is 15.0 Å². The van der Waals surface area contributed by atoms with Crippen molar-refractivity contribution in [1.29, 1.82) is 0 Å². The van der Waals surface area contributed by atoms with Crippen molar-refractivity contribution >= 4 is 11.7 Å². The summed E-state index contributed by atoms with van der Waals surface area (Å²) in [5, 5.41) is 2.62. The van der Waals surface area contributed by atoms with Gasteiger partial charge in [0.25, 0.3) is 5.91 Å². The number of rotatable bonds is 6. The Morgan fingerprint density at radius 1 is 1.00 bits per heavy atom.